The standard InChI is InChI=1S/C16H18N2O3S/c1-12-6-8-13(9-7-12)21-10-2-5-15(19)17-18-16(20)14-4-3-11-22-14/h3-4,6-9,11H,2,5,10H2,1H3,(H,17,19)(H,18,20). The minimum absolute atomic E-state index is 0.239. The van der Waals surface area contributed by atoms with E-state index in [9.17, 15) is 9.59 Å². The van der Waals surface area contributed by atoms with Crippen molar-refractivity contribution in [1.29, 1.82) is 0 Å². The average molecular weight is 318 g/mol. The van der Waals surface area contributed by atoms with Crippen molar-refractivity contribution in [3.05, 3.63) is 52.2 Å². The van der Waals surface area contributed by atoms with Gasteiger partial charge in [-0.2, -0.15) is 0 Å². The SMILES string of the molecule is Cc1ccc(OCCCC(=O)NNC(=O)c2cccs2)cc1. The number of thiophene rings is 1. The lowest BCUT2D eigenvalue weighted by molar-refractivity contribution is -0.122. The Morgan fingerprint density at radius 1 is 1.14 bits per heavy atom. The highest BCUT2D eigenvalue weighted by atomic mass is 32.1. The Morgan fingerprint density at radius 2 is 1.91 bits per heavy atom. The summed E-state index contributed by atoms with van der Waals surface area (Å²) in [7, 11) is 0. The van der Waals surface area contributed by atoms with E-state index in [1.54, 1.807) is 17.5 Å². The number of benzene rings is 1. The van der Waals surface area contributed by atoms with E-state index in [0.717, 1.165) is 5.75 Å². The number of hydrogen-bond donors (Lipinski definition) is 2. The number of carbonyl (C=O) groups excluding carboxylic acids is 2. The largest absolute Gasteiger partial charge is 0.494 e. The molecular formula is C16H18N2O3S. The van der Waals surface area contributed by atoms with Crippen molar-refractivity contribution >= 4 is 23.2 Å². The van der Waals surface area contributed by atoms with Crippen molar-refractivity contribution in [2.45, 2.75) is 19.8 Å². The quantitative estimate of drug-likeness (QED) is 0.635. The molecule has 1 aromatic carbocycles. The Kier molecular flexibility index (Phi) is 5.97. The Balaban J connectivity index is 1.59. The summed E-state index contributed by atoms with van der Waals surface area (Å²) in [6, 6.07) is 11.2. The molecule has 0 atom stereocenters. The predicted molar refractivity (Wildman–Crippen MR) is 85.8 cm³/mol. The zero-order chi connectivity index (χ0) is 15.8. The molecule has 0 unspecified atom stereocenters. The van der Waals surface area contributed by atoms with Crippen LogP contribution in [0, 0.1) is 6.92 Å². The summed E-state index contributed by atoms with van der Waals surface area (Å²) in [6.07, 6.45) is 0.866. The summed E-state index contributed by atoms with van der Waals surface area (Å²) in [4.78, 5) is 23.8. The van der Waals surface area contributed by atoms with Crippen molar-refractivity contribution in [3.63, 3.8) is 0 Å². The fourth-order valence-electron chi connectivity index (χ4n) is 1.72. The molecule has 0 saturated carbocycles. The monoisotopic (exact) mass is 318 g/mol. The maximum atomic E-state index is 11.6. The molecule has 0 radical (unpaired) electrons. The molecular weight excluding hydrogens is 300 g/mol. The molecule has 0 aliphatic rings. The fraction of sp³-hybridized carbons (Fsp3) is 0.250. The molecule has 22 heavy (non-hydrogen) atoms. The molecule has 2 N–H and O–H groups in total. The van der Waals surface area contributed by atoms with Crippen LogP contribution >= 0.6 is 11.3 Å². The smallest absolute Gasteiger partial charge is 0.279 e. The van der Waals surface area contributed by atoms with Crippen LogP contribution in [-0.2, 0) is 4.79 Å². The van der Waals surface area contributed by atoms with Gasteiger partial charge < -0.3 is 4.74 Å². The minimum atomic E-state index is -0.306. The molecule has 116 valence electrons. The zero-order valence-corrected chi connectivity index (χ0v) is 13.1. The molecule has 2 rings (SSSR count). The lowest BCUT2D eigenvalue weighted by atomic mass is 10.2. The van der Waals surface area contributed by atoms with Crippen LogP contribution in [0.4, 0.5) is 0 Å². The molecule has 5 nitrogen and oxygen atoms in total. The number of ether oxygens (including phenoxy) is 1. The van der Waals surface area contributed by atoms with Gasteiger partial charge in [-0.1, -0.05) is 23.8 Å². The first kappa shape index (κ1) is 16.0. The van der Waals surface area contributed by atoms with Gasteiger partial charge >= 0.3 is 0 Å². The van der Waals surface area contributed by atoms with Gasteiger partial charge in [0.05, 0.1) is 11.5 Å². The second-order valence-electron chi connectivity index (χ2n) is 4.74. The average Bonchev–Trinajstić information content (AvgIpc) is 3.05. The lowest BCUT2D eigenvalue weighted by Crippen LogP contribution is -2.41. The van der Waals surface area contributed by atoms with Crippen LogP contribution in [0.3, 0.4) is 0 Å². The summed E-state index contributed by atoms with van der Waals surface area (Å²) in [5.74, 6) is 0.244. The van der Waals surface area contributed by atoms with Gasteiger partial charge in [-0.05, 0) is 36.9 Å². The van der Waals surface area contributed by atoms with E-state index < -0.39 is 0 Å². The van der Waals surface area contributed by atoms with E-state index in [1.807, 2.05) is 31.2 Å². The Hall–Kier alpha value is -2.34. The van der Waals surface area contributed by atoms with E-state index in [2.05, 4.69) is 10.9 Å². The third kappa shape index (κ3) is 5.21. The fourth-order valence-corrected chi connectivity index (χ4v) is 2.33. The summed E-state index contributed by atoms with van der Waals surface area (Å²) >= 11 is 1.32. The second kappa shape index (κ2) is 8.19. The molecule has 6 heteroatoms. The third-order valence-electron chi connectivity index (χ3n) is 2.90. The number of nitrogens with one attached hydrogen (secondary N) is 2. The molecule has 1 aromatic heterocycles. The summed E-state index contributed by atoms with van der Waals surface area (Å²) in [6.45, 7) is 2.47. The Morgan fingerprint density at radius 3 is 2.59 bits per heavy atom. The van der Waals surface area contributed by atoms with Crippen LogP contribution in [0.2, 0.25) is 0 Å². The van der Waals surface area contributed by atoms with Crippen LogP contribution in [0.25, 0.3) is 0 Å². The van der Waals surface area contributed by atoms with Crippen LogP contribution in [0.1, 0.15) is 28.1 Å². The number of carbonyl (C=O) groups is 2. The number of rotatable bonds is 6. The Bertz CT molecular complexity index is 609. The van der Waals surface area contributed by atoms with E-state index in [-0.39, 0.29) is 18.2 Å². The van der Waals surface area contributed by atoms with Gasteiger partial charge in [-0.25, -0.2) is 0 Å². The van der Waals surface area contributed by atoms with Crippen LogP contribution < -0.4 is 15.6 Å². The highest BCUT2D eigenvalue weighted by Gasteiger charge is 2.07. The number of aryl methyl sites for hydroxylation is 1. The first-order valence-corrected chi connectivity index (χ1v) is 7.85. The normalized spacial score (nSPS) is 10.0. The second-order valence-corrected chi connectivity index (χ2v) is 5.69. The topological polar surface area (TPSA) is 67.4 Å². The highest BCUT2D eigenvalue weighted by Crippen LogP contribution is 2.11. The maximum Gasteiger partial charge on any atom is 0.279 e. The summed E-state index contributed by atoms with van der Waals surface area (Å²) in [5.41, 5.74) is 5.94. The minimum Gasteiger partial charge on any atom is -0.494 e. The van der Waals surface area contributed by atoms with Gasteiger partial charge in [0.15, 0.2) is 0 Å². The van der Waals surface area contributed by atoms with Gasteiger partial charge in [0.25, 0.3) is 5.91 Å². The van der Waals surface area contributed by atoms with Crippen LogP contribution in [0.15, 0.2) is 41.8 Å². The predicted octanol–water partition coefficient (Wildman–Crippen LogP) is 2.68. The third-order valence-corrected chi connectivity index (χ3v) is 3.77. The highest BCUT2D eigenvalue weighted by molar-refractivity contribution is 7.12. The van der Waals surface area contributed by atoms with Crippen molar-refractivity contribution < 1.29 is 14.3 Å². The van der Waals surface area contributed by atoms with Crippen molar-refractivity contribution in [2.75, 3.05) is 6.61 Å². The number of hydrazine groups is 1. The molecule has 1 heterocycles. The van der Waals surface area contributed by atoms with E-state index in [0.29, 0.717) is 17.9 Å². The molecule has 0 spiro atoms. The van der Waals surface area contributed by atoms with Gasteiger partial charge in [-0.3, -0.25) is 20.4 Å². The maximum absolute atomic E-state index is 11.6. The Labute approximate surface area is 133 Å². The van der Waals surface area contributed by atoms with Crippen molar-refractivity contribution in [2.24, 2.45) is 0 Å². The van der Waals surface area contributed by atoms with Gasteiger partial charge in [0, 0.05) is 6.42 Å². The number of hydrogen-bond acceptors (Lipinski definition) is 4. The van der Waals surface area contributed by atoms with E-state index >= 15 is 0 Å². The van der Waals surface area contributed by atoms with Gasteiger partial charge in [0.2, 0.25) is 5.91 Å². The van der Waals surface area contributed by atoms with Crippen molar-refractivity contribution in [3.8, 4) is 5.75 Å². The van der Waals surface area contributed by atoms with Crippen LogP contribution in [0.5, 0.6) is 5.75 Å². The van der Waals surface area contributed by atoms with Crippen molar-refractivity contribution in [1.82, 2.24) is 10.9 Å². The van der Waals surface area contributed by atoms with Crippen LogP contribution in [-0.4, -0.2) is 18.4 Å². The molecule has 2 aromatic rings. The lowest BCUT2D eigenvalue weighted by Gasteiger charge is -2.08. The molecule has 0 saturated heterocycles. The number of amides is 2. The summed E-state index contributed by atoms with van der Waals surface area (Å²) < 4.78 is 5.53. The van der Waals surface area contributed by atoms with Gasteiger partial charge in [-0.15, -0.1) is 11.3 Å². The van der Waals surface area contributed by atoms with Gasteiger partial charge in [0.1, 0.15) is 5.75 Å². The van der Waals surface area contributed by atoms with E-state index in [1.165, 1.54) is 16.9 Å². The molecule has 0 aliphatic heterocycles. The first-order valence-electron chi connectivity index (χ1n) is 6.97. The zero-order valence-electron chi connectivity index (χ0n) is 12.3. The first-order chi connectivity index (χ1) is 10.6. The van der Waals surface area contributed by atoms with E-state index in [4.69, 9.17) is 4.74 Å². The molecule has 0 aliphatic carbocycles. The molecule has 2 amide bonds. The molecule has 0 fully saturated rings. The molecule has 0 bridgehead atoms. The summed E-state index contributed by atoms with van der Waals surface area (Å²) in [5, 5.41) is 1.80.